The fourth-order valence-electron chi connectivity index (χ4n) is 2.41. The molecule has 1 aromatic rings. The Kier molecular flexibility index (Phi) is 7.52. The Balaban J connectivity index is 3.06. The van der Waals surface area contributed by atoms with Crippen molar-refractivity contribution in [3.8, 4) is 0 Å². The van der Waals surface area contributed by atoms with E-state index in [2.05, 4.69) is 0 Å². The minimum Gasteiger partial charge on any atom is -0.461 e. The molecule has 2 nitrogen and oxygen atoms in total. The molecule has 0 amide bonds. The Morgan fingerprint density at radius 2 is 1.83 bits per heavy atom. The largest absolute Gasteiger partial charge is 0.461 e. The molecule has 0 aliphatic rings. The number of allylic oxidation sites excluding steroid dienone is 2. The number of carbonyl (C=O) groups excluding carboxylic acids is 1. The van der Waals surface area contributed by atoms with E-state index in [0.29, 0.717) is 36.8 Å². The van der Waals surface area contributed by atoms with Crippen LogP contribution in [0.5, 0.6) is 0 Å². The van der Waals surface area contributed by atoms with E-state index in [4.69, 9.17) is 4.42 Å². The highest BCUT2D eigenvalue weighted by Crippen LogP contribution is 2.32. The molecule has 0 aliphatic carbocycles. The number of alkyl halides is 4. The maximum absolute atomic E-state index is 13.2. The topological polar surface area (TPSA) is 30.2 Å². The van der Waals surface area contributed by atoms with E-state index in [1.807, 2.05) is 13.8 Å². The average Bonchev–Trinajstić information content (AvgIpc) is 3.03. The molecule has 0 radical (unpaired) electrons. The summed E-state index contributed by atoms with van der Waals surface area (Å²) < 4.78 is 56.1. The third-order valence-corrected chi connectivity index (χ3v) is 3.58. The summed E-state index contributed by atoms with van der Waals surface area (Å²) in [4.78, 5) is 12.5. The second-order valence-electron chi connectivity index (χ2n) is 5.45. The number of ketones is 1. The van der Waals surface area contributed by atoms with Gasteiger partial charge >= 0.3 is 12.3 Å². The number of hydrogen-bond acceptors (Lipinski definition) is 2. The molecule has 0 atom stereocenters. The van der Waals surface area contributed by atoms with Gasteiger partial charge < -0.3 is 4.42 Å². The van der Waals surface area contributed by atoms with Gasteiger partial charge in [0.15, 0.2) is 5.76 Å². The van der Waals surface area contributed by atoms with Crippen LogP contribution in [0.4, 0.5) is 17.6 Å². The smallest absolute Gasteiger partial charge is 0.307 e. The van der Waals surface area contributed by atoms with Gasteiger partial charge in [0.05, 0.1) is 6.26 Å². The van der Waals surface area contributed by atoms with Gasteiger partial charge in [0, 0.05) is 12.0 Å². The summed E-state index contributed by atoms with van der Waals surface area (Å²) in [6.45, 7) is 3.72. The molecule has 6 heteroatoms. The summed E-state index contributed by atoms with van der Waals surface area (Å²) in [5, 5.41) is 0. The fourth-order valence-corrected chi connectivity index (χ4v) is 2.41. The van der Waals surface area contributed by atoms with Crippen LogP contribution in [0, 0.1) is 0 Å². The van der Waals surface area contributed by atoms with Crippen molar-refractivity contribution in [1.82, 2.24) is 0 Å². The molecular formula is C17H22F4O2. The van der Waals surface area contributed by atoms with Crippen molar-refractivity contribution in [2.24, 2.45) is 0 Å². The first-order valence-corrected chi connectivity index (χ1v) is 7.78. The SMILES string of the molecule is CCC/C(CCC(F)(F)C(F)F)=C(\CCC)C(=O)c1ccco1. The minimum absolute atomic E-state index is 0.141. The molecule has 0 saturated carbocycles. The summed E-state index contributed by atoms with van der Waals surface area (Å²) in [6.07, 6.45) is -1.36. The molecule has 0 aliphatic heterocycles. The molecule has 0 N–H and O–H groups in total. The zero-order chi connectivity index (χ0) is 17.5. The van der Waals surface area contributed by atoms with Crippen LogP contribution in [0.1, 0.15) is 62.9 Å². The predicted molar refractivity (Wildman–Crippen MR) is 80.1 cm³/mol. The maximum Gasteiger partial charge on any atom is 0.307 e. The highest BCUT2D eigenvalue weighted by Gasteiger charge is 2.40. The van der Waals surface area contributed by atoms with E-state index < -0.39 is 18.8 Å². The van der Waals surface area contributed by atoms with Crippen molar-refractivity contribution in [2.75, 3.05) is 0 Å². The second-order valence-corrected chi connectivity index (χ2v) is 5.45. The third kappa shape index (κ3) is 5.52. The number of halogens is 4. The van der Waals surface area contributed by atoms with E-state index >= 15 is 0 Å². The van der Waals surface area contributed by atoms with Gasteiger partial charge in [-0.05, 0) is 31.4 Å². The van der Waals surface area contributed by atoms with Crippen molar-refractivity contribution in [1.29, 1.82) is 0 Å². The monoisotopic (exact) mass is 334 g/mol. The second kappa shape index (κ2) is 8.89. The molecule has 0 unspecified atom stereocenters. The lowest BCUT2D eigenvalue weighted by Gasteiger charge is -2.18. The van der Waals surface area contributed by atoms with Gasteiger partial charge in [-0.15, -0.1) is 0 Å². The van der Waals surface area contributed by atoms with Crippen molar-refractivity contribution in [3.05, 3.63) is 35.3 Å². The third-order valence-electron chi connectivity index (χ3n) is 3.58. The molecule has 0 bridgehead atoms. The van der Waals surface area contributed by atoms with Crippen molar-refractivity contribution in [2.45, 2.75) is 64.7 Å². The average molecular weight is 334 g/mol. The van der Waals surface area contributed by atoms with Crippen molar-refractivity contribution < 1.29 is 26.8 Å². The van der Waals surface area contributed by atoms with Gasteiger partial charge in [0.25, 0.3) is 0 Å². The number of rotatable bonds is 10. The Bertz CT molecular complexity index is 519. The Morgan fingerprint density at radius 1 is 1.17 bits per heavy atom. The molecule has 0 aromatic carbocycles. The van der Waals surface area contributed by atoms with E-state index in [9.17, 15) is 22.4 Å². The van der Waals surface area contributed by atoms with Crippen LogP contribution in [0.3, 0.4) is 0 Å². The standard InChI is InChI=1S/C17H22F4O2/c1-3-6-12(9-10-17(20,21)16(18)19)13(7-4-2)15(22)14-8-5-11-23-14/h5,8,11,16H,3-4,6-7,9-10H2,1-2H3/b13-12-. The molecule has 130 valence electrons. The van der Waals surface area contributed by atoms with E-state index in [0.717, 1.165) is 0 Å². The lowest BCUT2D eigenvalue weighted by molar-refractivity contribution is -0.132. The zero-order valence-electron chi connectivity index (χ0n) is 13.4. The summed E-state index contributed by atoms with van der Waals surface area (Å²) >= 11 is 0. The summed E-state index contributed by atoms with van der Waals surface area (Å²) in [5.41, 5.74) is 0.936. The number of hydrogen-bond donors (Lipinski definition) is 0. The molecule has 1 aromatic heterocycles. The van der Waals surface area contributed by atoms with Gasteiger partial charge in [0.2, 0.25) is 5.78 Å². The summed E-state index contributed by atoms with van der Waals surface area (Å²) in [6, 6.07) is 3.08. The predicted octanol–water partition coefficient (Wildman–Crippen LogP) is 6.04. The lowest BCUT2D eigenvalue weighted by Crippen LogP contribution is -2.26. The van der Waals surface area contributed by atoms with Crippen molar-refractivity contribution in [3.63, 3.8) is 0 Å². The van der Waals surface area contributed by atoms with E-state index in [1.54, 1.807) is 6.07 Å². The van der Waals surface area contributed by atoms with Crippen LogP contribution < -0.4 is 0 Å². The Morgan fingerprint density at radius 3 is 2.30 bits per heavy atom. The highest BCUT2D eigenvalue weighted by molar-refractivity contribution is 6.07. The van der Waals surface area contributed by atoms with Gasteiger partial charge in [-0.1, -0.05) is 32.3 Å². The van der Waals surface area contributed by atoms with Gasteiger partial charge in [-0.25, -0.2) is 17.6 Å². The minimum atomic E-state index is -4.04. The number of carbonyl (C=O) groups is 1. The van der Waals surface area contributed by atoms with E-state index in [-0.39, 0.29) is 18.0 Å². The molecule has 1 rings (SSSR count). The van der Waals surface area contributed by atoms with Gasteiger partial charge in [-0.2, -0.15) is 0 Å². The van der Waals surface area contributed by atoms with Gasteiger partial charge in [-0.3, -0.25) is 4.79 Å². The van der Waals surface area contributed by atoms with Crippen molar-refractivity contribution >= 4 is 5.78 Å². The van der Waals surface area contributed by atoms with Crippen LogP contribution in [-0.4, -0.2) is 18.1 Å². The Hall–Kier alpha value is -1.59. The van der Waals surface area contributed by atoms with Crippen LogP contribution in [0.2, 0.25) is 0 Å². The molecule has 0 saturated heterocycles. The van der Waals surface area contributed by atoms with Crippen LogP contribution >= 0.6 is 0 Å². The Labute approximate surface area is 133 Å². The van der Waals surface area contributed by atoms with Crippen LogP contribution in [-0.2, 0) is 0 Å². The molecule has 0 spiro atoms. The first-order valence-electron chi connectivity index (χ1n) is 7.78. The normalized spacial score (nSPS) is 13.3. The molecule has 0 fully saturated rings. The molecule has 23 heavy (non-hydrogen) atoms. The zero-order valence-corrected chi connectivity index (χ0v) is 13.4. The maximum atomic E-state index is 13.2. The first-order chi connectivity index (χ1) is 10.8. The molecular weight excluding hydrogens is 312 g/mol. The number of furan rings is 1. The number of Topliss-reactive ketones (excluding diaryl/α,β-unsaturated/α-hetero) is 1. The summed E-state index contributed by atoms with van der Waals surface area (Å²) in [5.74, 6) is -4.24. The summed E-state index contributed by atoms with van der Waals surface area (Å²) in [7, 11) is 0. The fraction of sp³-hybridized carbons (Fsp3) is 0.588. The first kappa shape index (κ1) is 19.5. The van der Waals surface area contributed by atoms with Crippen LogP contribution in [0.25, 0.3) is 0 Å². The highest BCUT2D eigenvalue weighted by atomic mass is 19.3. The lowest BCUT2D eigenvalue weighted by atomic mass is 9.91. The quantitative estimate of drug-likeness (QED) is 0.297. The molecule has 1 heterocycles. The van der Waals surface area contributed by atoms with Crippen LogP contribution in [0.15, 0.2) is 34.0 Å². The van der Waals surface area contributed by atoms with E-state index in [1.165, 1.54) is 12.3 Å². The van der Waals surface area contributed by atoms with Gasteiger partial charge in [0.1, 0.15) is 0 Å².